The summed E-state index contributed by atoms with van der Waals surface area (Å²) in [5, 5.41) is 0. The Morgan fingerprint density at radius 1 is 1.40 bits per heavy atom. The molecule has 0 radical (unpaired) electrons. The van der Waals surface area contributed by atoms with Crippen molar-refractivity contribution in [2.45, 2.75) is 13.0 Å². The Balaban J connectivity index is 2.27. The molecule has 1 aromatic heterocycles. The topological polar surface area (TPSA) is 75.6 Å². The number of aryl methyl sites for hydroxylation is 1. The number of rotatable bonds is 3. The van der Waals surface area contributed by atoms with Crippen LogP contribution in [-0.4, -0.2) is 62.7 Å². The SMILES string of the molecule is Cc1nc([C@@H]2CN(S(C)(=O)=O)CCO2)cc(N(C)C)n1. The number of aromatic nitrogens is 2. The maximum Gasteiger partial charge on any atom is 0.211 e. The first-order valence-corrected chi connectivity index (χ1v) is 8.22. The third-order valence-electron chi connectivity index (χ3n) is 3.13. The molecular formula is C12H20N4O3S. The van der Waals surface area contributed by atoms with Crippen molar-refractivity contribution < 1.29 is 13.2 Å². The second kappa shape index (κ2) is 5.63. The van der Waals surface area contributed by atoms with Crippen molar-refractivity contribution in [1.82, 2.24) is 14.3 Å². The van der Waals surface area contributed by atoms with Crippen molar-refractivity contribution in [3.63, 3.8) is 0 Å². The molecule has 0 aliphatic carbocycles. The van der Waals surface area contributed by atoms with E-state index in [1.54, 1.807) is 0 Å². The van der Waals surface area contributed by atoms with Crippen LogP contribution in [0.2, 0.25) is 0 Å². The highest BCUT2D eigenvalue weighted by atomic mass is 32.2. The molecule has 0 saturated carbocycles. The van der Waals surface area contributed by atoms with Gasteiger partial charge in [0.1, 0.15) is 17.7 Å². The Hall–Kier alpha value is -1.25. The summed E-state index contributed by atoms with van der Waals surface area (Å²) in [6.07, 6.45) is 0.866. The van der Waals surface area contributed by atoms with Crippen LogP contribution in [0.1, 0.15) is 17.6 Å². The van der Waals surface area contributed by atoms with Gasteiger partial charge in [-0.05, 0) is 6.92 Å². The highest BCUT2D eigenvalue weighted by molar-refractivity contribution is 7.88. The normalized spacial score (nSPS) is 20.9. The molecule has 0 aromatic carbocycles. The van der Waals surface area contributed by atoms with Crippen LogP contribution in [0.4, 0.5) is 5.82 Å². The number of ether oxygens (including phenoxy) is 1. The van der Waals surface area contributed by atoms with Crippen LogP contribution in [0, 0.1) is 6.92 Å². The van der Waals surface area contributed by atoms with Gasteiger partial charge in [-0.15, -0.1) is 0 Å². The lowest BCUT2D eigenvalue weighted by molar-refractivity contribution is -0.00485. The monoisotopic (exact) mass is 300 g/mol. The minimum atomic E-state index is -3.20. The van der Waals surface area contributed by atoms with E-state index in [2.05, 4.69) is 9.97 Å². The molecule has 0 unspecified atom stereocenters. The zero-order chi connectivity index (χ0) is 14.9. The van der Waals surface area contributed by atoms with E-state index in [9.17, 15) is 8.42 Å². The van der Waals surface area contributed by atoms with Gasteiger partial charge in [0.25, 0.3) is 0 Å². The number of nitrogens with zero attached hydrogens (tertiary/aromatic N) is 4. The quantitative estimate of drug-likeness (QED) is 0.793. The molecule has 0 bridgehead atoms. The summed E-state index contributed by atoms with van der Waals surface area (Å²) in [6, 6.07) is 1.84. The Morgan fingerprint density at radius 3 is 2.70 bits per heavy atom. The molecule has 1 aliphatic rings. The van der Waals surface area contributed by atoms with Gasteiger partial charge in [0.15, 0.2) is 0 Å². The molecule has 20 heavy (non-hydrogen) atoms. The van der Waals surface area contributed by atoms with Gasteiger partial charge < -0.3 is 9.64 Å². The number of hydrogen-bond donors (Lipinski definition) is 0. The van der Waals surface area contributed by atoms with Crippen LogP contribution >= 0.6 is 0 Å². The van der Waals surface area contributed by atoms with E-state index >= 15 is 0 Å². The minimum absolute atomic E-state index is 0.294. The van der Waals surface area contributed by atoms with Crippen molar-refractivity contribution in [3.05, 3.63) is 17.6 Å². The van der Waals surface area contributed by atoms with Crippen molar-refractivity contribution in [3.8, 4) is 0 Å². The van der Waals surface area contributed by atoms with Crippen LogP contribution in [0.15, 0.2) is 6.07 Å². The number of morpholine rings is 1. The molecule has 1 atom stereocenters. The first kappa shape index (κ1) is 15.1. The fraction of sp³-hybridized carbons (Fsp3) is 0.667. The fourth-order valence-corrected chi connectivity index (χ4v) is 2.89. The molecule has 1 fully saturated rings. The van der Waals surface area contributed by atoms with E-state index in [1.165, 1.54) is 10.6 Å². The van der Waals surface area contributed by atoms with E-state index in [-0.39, 0.29) is 6.10 Å². The van der Waals surface area contributed by atoms with Crippen LogP contribution in [-0.2, 0) is 14.8 Å². The maximum absolute atomic E-state index is 11.6. The van der Waals surface area contributed by atoms with Crippen molar-refractivity contribution in [2.75, 3.05) is 44.9 Å². The maximum atomic E-state index is 11.6. The highest BCUT2D eigenvalue weighted by Gasteiger charge is 2.28. The summed E-state index contributed by atoms with van der Waals surface area (Å²) < 4.78 is 30.4. The van der Waals surface area contributed by atoms with Gasteiger partial charge in [0.2, 0.25) is 10.0 Å². The highest BCUT2D eigenvalue weighted by Crippen LogP contribution is 2.24. The zero-order valence-electron chi connectivity index (χ0n) is 12.2. The van der Waals surface area contributed by atoms with E-state index < -0.39 is 10.0 Å². The Labute approximate surface area is 119 Å². The molecular weight excluding hydrogens is 280 g/mol. The second-order valence-electron chi connectivity index (χ2n) is 5.07. The zero-order valence-corrected chi connectivity index (χ0v) is 13.0. The van der Waals surface area contributed by atoms with Crippen LogP contribution in [0.3, 0.4) is 0 Å². The van der Waals surface area contributed by atoms with E-state index in [1.807, 2.05) is 32.0 Å². The van der Waals surface area contributed by atoms with Gasteiger partial charge in [-0.1, -0.05) is 0 Å². The van der Waals surface area contributed by atoms with Gasteiger partial charge in [0.05, 0.1) is 18.6 Å². The average Bonchev–Trinajstić information content (AvgIpc) is 2.37. The summed E-state index contributed by atoms with van der Waals surface area (Å²) in [5.41, 5.74) is 0.717. The minimum Gasteiger partial charge on any atom is -0.369 e. The summed E-state index contributed by atoms with van der Waals surface area (Å²) in [7, 11) is 0.594. The molecule has 1 aliphatic heterocycles. The Bertz CT molecular complexity index is 588. The smallest absolute Gasteiger partial charge is 0.211 e. The lowest BCUT2D eigenvalue weighted by Crippen LogP contribution is -2.41. The van der Waals surface area contributed by atoms with Crippen LogP contribution in [0.5, 0.6) is 0 Å². The summed E-state index contributed by atoms with van der Waals surface area (Å²) in [4.78, 5) is 10.6. The molecule has 1 saturated heterocycles. The van der Waals surface area contributed by atoms with Gasteiger partial charge in [-0.25, -0.2) is 18.4 Å². The molecule has 0 N–H and O–H groups in total. The van der Waals surface area contributed by atoms with E-state index in [0.717, 1.165) is 11.5 Å². The molecule has 2 heterocycles. The first-order valence-electron chi connectivity index (χ1n) is 6.37. The molecule has 1 aromatic rings. The van der Waals surface area contributed by atoms with E-state index in [0.29, 0.717) is 25.5 Å². The third-order valence-corrected chi connectivity index (χ3v) is 4.40. The predicted octanol–water partition coefficient (Wildman–Crippen LogP) is 0.184. The molecule has 0 amide bonds. The van der Waals surface area contributed by atoms with Crippen molar-refractivity contribution in [2.24, 2.45) is 0 Å². The van der Waals surface area contributed by atoms with Crippen LogP contribution < -0.4 is 4.90 Å². The Kier molecular flexibility index (Phi) is 4.26. The molecule has 7 nitrogen and oxygen atoms in total. The summed E-state index contributed by atoms with van der Waals surface area (Å²) in [6.45, 7) is 2.87. The molecule has 8 heteroatoms. The molecule has 2 rings (SSSR count). The average molecular weight is 300 g/mol. The van der Waals surface area contributed by atoms with Crippen molar-refractivity contribution >= 4 is 15.8 Å². The van der Waals surface area contributed by atoms with Crippen molar-refractivity contribution in [1.29, 1.82) is 0 Å². The van der Waals surface area contributed by atoms with E-state index in [4.69, 9.17) is 4.74 Å². The third kappa shape index (κ3) is 3.44. The predicted molar refractivity (Wildman–Crippen MR) is 76.2 cm³/mol. The molecule has 112 valence electrons. The van der Waals surface area contributed by atoms with Crippen LogP contribution in [0.25, 0.3) is 0 Å². The lowest BCUT2D eigenvalue weighted by atomic mass is 10.2. The van der Waals surface area contributed by atoms with Gasteiger partial charge >= 0.3 is 0 Å². The van der Waals surface area contributed by atoms with Gasteiger partial charge in [0, 0.05) is 33.3 Å². The Morgan fingerprint density at radius 2 is 2.10 bits per heavy atom. The van der Waals surface area contributed by atoms with Gasteiger partial charge in [-0.2, -0.15) is 4.31 Å². The fourth-order valence-electron chi connectivity index (χ4n) is 2.07. The number of hydrogen-bond acceptors (Lipinski definition) is 6. The first-order chi connectivity index (χ1) is 9.27. The second-order valence-corrected chi connectivity index (χ2v) is 7.06. The molecule has 0 spiro atoms. The van der Waals surface area contributed by atoms with Gasteiger partial charge in [-0.3, -0.25) is 0 Å². The summed E-state index contributed by atoms with van der Waals surface area (Å²) in [5.74, 6) is 1.43. The number of anilines is 1. The standard InChI is InChI=1S/C12H20N4O3S/c1-9-13-10(7-12(14-9)15(2)3)11-8-16(5-6-19-11)20(4,17)18/h7,11H,5-6,8H2,1-4H3/t11-/m0/s1. The summed E-state index contributed by atoms with van der Waals surface area (Å²) >= 11 is 0. The lowest BCUT2D eigenvalue weighted by Gasteiger charge is -2.31. The largest absolute Gasteiger partial charge is 0.369 e. The number of sulfonamides is 1.